The molecule has 6 heteroatoms. The Morgan fingerprint density at radius 2 is 1.92 bits per heavy atom. The fourth-order valence-corrected chi connectivity index (χ4v) is 4.09. The zero-order valence-corrected chi connectivity index (χ0v) is 14.7. The smallest absolute Gasteiger partial charge is 0.222 e. The molecule has 2 aliphatic rings. The molecule has 6 nitrogen and oxygen atoms in total. The molecular weight excluding hydrogens is 302 g/mol. The molecule has 0 saturated carbocycles. The fraction of sp³-hybridized carbons (Fsp3) is 0.667. The van der Waals surface area contributed by atoms with Crippen LogP contribution in [-0.2, 0) is 4.79 Å². The van der Waals surface area contributed by atoms with E-state index in [9.17, 15) is 10.1 Å². The molecule has 1 aromatic heterocycles. The molecule has 24 heavy (non-hydrogen) atoms. The highest BCUT2D eigenvalue weighted by atomic mass is 16.2. The summed E-state index contributed by atoms with van der Waals surface area (Å²) >= 11 is 0. The Hall–Kier alpha value is -2.16. The molecule has 1 amide bonds. The SMILES string of the molecule is CCC(=O)N1CCC[C@H]1[C@H]1CCCN1c1nnc(C)c(C)c1C#N. The average Bonchev–Trinajstić information content (AvgIpc) is 3.24. The monoisotopic (exact) mass is 327 g/mol. The van der Waals surface area contributed by atoms with Crippen molar-refractivity contribution in [2.45, 2.75) is 65.0 Å². The van der Waals surface area contributed by atoms with Gasteiger partial charge in [0.2, 0.25) is 5.91 Å². The molecule has 0 radical (unpaired) electrons. The summed E-state index contributed by atoms with van der Waals surface area (Å²) in [6, 6.07) is 2.79. The van der Waals surface area contributed by atoms with Crippen LogP contribution >= 0.6 is 0 Å². The van der Waals surface area contributed by atoms with Crippen LogP contribution in [0.2, 0.25) is 0 Å². The molecule has 3 heterocycles. The average molecular weight is 327 g/mol. The van der Waals surface area contributed by atoms with Crippen LogP contribution in [-0.4, -0.2) is 46.2 Å². The number of hydrogen-bond donors (Lipinski definition) is 0. The Bertz CT molecular complexity index is 681. The zero-order chi connectivity index (χ0) is 17.3. The van der Waals surface area contributed by atoms with Gasteiger partial charge in [0.1, 0.15) is 11.6 Å². The lowest BCUT2D eigenvalue weighted by atomic mass is 10.0. The van der Waals surface area contributed by atoms with Gasteiger partial charge < -0.3 is 9.80 Å². The molecule has 128 valence electrons. The van der Waals surface area contributed by atoms with Crippen LogP contribution in [0.5, 0.6) is 0 Å². The first-order chi connectivity index (χ1) is 11.6. The van der Waals surface area contributed by atoms with E-state index in [0.29, 0.717) is 17.8 Å². The third kappa shape index (κ3) is 2.72. The number of nitriles is 1. The third-order valence-electron chi connectivity index (χ3n) is 5.49. The zero-order valence-electron chi connectivity index (χ0n) is 14.7. The lowest BCUT2D eigenvalue weighted by Crippen LogP contribution is -2.48. The van der Waals surface area contributed by atoms with Crippen molar-refractivity contribution in [1.29, 1.82) is 5.26 Å². The summed E-state index contributed by atoms with van der Waals surface area (Å²) in [5, 5.41) is 18.2. The minimum Gasteiger partial charge on any atom is -0.349 e. The number of carbonyl (C=O) groups excluding carboxylic acids is 1. The van der Waals surface area contributed by atoms with Crippen molar-refractivity contribution < 1.29 is 4.79 Å². The van der Waals surface area contributed by atoms with Crippen molar-refractivity contribution in [3.05, 3.63) is 16.8 Å². The van der Waals surface area contributed by atoms with E-state index in [1.807, 2.05) is 25.7 Å². The molecule has 1 aromatic rings. The van der Waals surface area contributed by atoms with Crippen LogP contribution in [0.4, 0.5) is 5.82 Å². The van der Waals surface area contributed by atoms with Crippen molar-refractivity contribution in [1.82, 2.24) is 15.1 Å². The Labute approximate surface area is 143 Å². The van der Waals surface area contributed by atoms with Gasteiger partial charge in [0.15, 0.2) is 5.82 Å². The molecule has 3 rings (SSSR count). The van der Waals surface area contributed by atoms with E-state index >= 15 is 0 Å². The summed E-state index contributed by atoms with van der Waals surface area (Å²) in [6.07, 6.45) is 4.75. The minimum atomic E-state index is 0.231. The molecule has 2 atom stereocenters. The van der Waals surface area contributed by atoms with Crippen molar-refractivity contribution in [2.75, 3.05) is 18.0 Å². The predicted molar refractivity (Wildman–Crippen MR) is 91.6 cm³/mol. The summed E-state index contributed by atoms with van der Waals surface area (Å²) in [5.74, 6) is 0.926. The van der Waals surface area contributed by atoms with E-state index in [4.69, 9.17) is 0 Å². The van der Waals surface area contributed by atoms with Crippen molar-refractivity contribution in [3.63, 3.8) is 0 Å². The molecule has 2 saturated heterocycles. The Morgan fingerprint density at radius 3 is 2.62 bits per heavy atom. The predicted octanol–water partition coefficient (Wildman–Crippen LogP) is 2.33. The largest absolute Gasteiger partial charge is 0.349 e. The third-order valence-corrected chi connectivity index (χ3v) is 5.49. The molecule has 2 aliphatic heterocycles. The highest BCUT2D eigenvalue weighted by Gasteiger charge is 2.40. The van der Waals surface area contributed by atoms with E-state index in [0.717, 1.165) is 50.0 Å². The first-order valence-corrected chi connectivity index (χ1v) is 8.88. The van der Waals surface area contributed by atoms with Gasteiger partial charge in [-0.25, -0.2) is 0 Å². The van der Waals surface area contributed by atoms with Crippen LogP contribution in [0.25, 0.3) is 0 Å². The maximum atomic E-state index is 12.3. The van der Waals surface area contributed by atoms with E-state index in [1.54, 1.807) is 0 Å². The maximum Gasteiger partial charge on any atom is 0.222 e. The summed E-state index contributed by atoms with van der Waals surface area (Å²) in [6.45, 7) is 7.46. The second-order valence-electron chi connectivity index (χ2n) is 6.77. The van der Waals surface area contributed by atoms with Crippen LogP contribution in [0.3, 0.4) is 0 Å². The molecular formula is C18H25N5O. The van der Waals surface area contributed by atoms with E-state index < -0.39 is 0 Å². The van der Waals surface area contributed by atoms with Crippen LogP contribution in [0.1, 0.15) is 55.8 Å². The molecule has 0 aromatic carbocycles. The van der Waals surface area contributed by atoms with Gasteiger partial charge in [-0.3, -0.25) is 4.79 Å². The lowest BCUT2D eigenvalue weighted by Gasteiger charge is -2.35. The van der Waals surface area contributed by atoms with Gasteiger partial charge in [0.05, 0.1) is 17.8 Å². The molecule has 0 unspecified atom stereocenters. The number of aromatic nitrogens is 2. The molecule has 0 aliphatic carbocycles. The molecule has 0 spiro atoms. The number of anilines is 1. The fourth-order valence-electron chi connectivity index (χ4n) is 4.09. The summed E-state index contributed by atoms with van der Waals surface area (Å²) in [7, 11) is 0. The van der Waals surface area contributed by atoms with Crippen molar-refractivity contribution in [3.8, 4) is 6.07 Å². The van der Waals surface area contributed by atoms with Gasteiger partial charge in [-0.15, -0.1) is 5.10 Å². The first kappa shape index (κ1) is 16.7. The second kappa shape index (κ2) is 6.76. The quantitative estimate of drug-likeness (QED) is 0.852. The number of amides is 1. The maximum absolute atomic E-state index is 12.3. The number of rotatable bonds is 3. The number of aryl methyl sites for hydroxylation is 1. The van der Waals surface area contributed by atoms with Gasteiger partial charge >= 0.3 is 0 Å². The number of hydrogen-bond acceptors (Lipinski definition) is 5. The highest BCUT2D eigenvalue weighted by Crippen LogP contribution is 2.34. The summed E-state index contributed by atoms with van der Waals surface area (Å²) in [5.41, 5.74) is 2.33. The van der Waals surface area contributed by atoms with Gasteiger partial charge in [0.25, 0.3) is 0 Å². The minimum absolute atomic E-state index is 0.231. The topological polar surface area (TPSA) is 73.1 Å². The Morgan fingerprint density at radius 1 is 1.21 bits per heavy atom. The van der Waals surface area contributed by atoms with Crippen LogP contribution in [0.15, 0.2) is 0 Å². The van der Waals surface area contributed by atoms with E-state index in [2.05, 4.69) is 21.2 Å². The van der Waals surface area contributed by atoms with Gasteiger partial charge in [-0.1, -0.05) is 6.92 Å². The number of likely N-dealkylation sites (tertiary alicyclic amines) is 1. The Balaban J connectivity index is 1.93. The number of nitrogens with zero attached hydrogens (tertiary/aromatic N) is 5. The van der Waals surface area contributed by atoms with Crippen LogP contribution in [0, 0.1) is 25.2 Å². The second-order valence-corrected chi connectivity index (χ2v) is 6.77. The molecule has 0 N–H and O–H groups in total. The normalized spacial score (nSPS) is 23.6. The lowest BCUT2D eigenvalue weighted by molar-refractivity contribution is -0.132. The molecule has 0 bridgehead atoms. The molecule has 2 fully saturated rings. The van der Waals surface area contributed by atoms with Crippen molar-refractivity contribution in [2.24, 2.45) is 0 Å². The summed E-state index contributed by atoms with van der Waals surface area (Å²) < 4.78 is 0. The standard InChI is InChI=1S/C18H25N5O/c1-4-17(24)22-9-5-7-15(22)16-8-6-10-23(16)18-14(11-19)12(2)13(3)20-21-18/h15-16H,4-10H2,1-3H3/t15-,16+/m0/s1. The Kier molecular flexibility index (Phi) is 4.70. The first-order valence-electron chi connectivity index (χ1n) is 8.88. The van der Waals surface area contributed by atoms with Crippen LogP contribution < -0.4 is 4.90 Å². The van der Waals surface area contributed by atoms with E-state index in [-0.39, 0.29) is 18.0 Å². The van der Waals surface area contributed by atoms with Crippen molar-refractivity contribution >= 4 is 11.7 Å². The number of carbonyl (C=O) groups is 1. The highest BCUT2D eigenvalue weighted by molar-refractivity contribution is 5.76. The van der Waals surface area contributed by atoms with Gasteiger partial charge in [0, 0.05) is 19.5 Å². The van der Waals surface area contributed by atoms with E-state index in [1.165, 1.54) is 0 Å². The van der Waals surface area contributed by atoms with Gasteiger partial charge in [-0.2, -0.15) is 10.4 Å². The van der Waals surface area contributed by atoms with Gasteiger partial charge in [-0.05, 0) is 45.1 Å². The summed E-state index contributed by atoms with van der Waals surface area (Å²) in [4.78, 5) is 16.5.